The van der Waals surface area contributed by atoms with Crippen molar-refractivity contribution in [1.82, 2.24) is 9.47 Å². The summed E-state index contributed by atoms with van der Waals surface area (Å²) >= 11 is 0. The fourth-order valence-electron chi connectivity index (χ4n) is 5.69. The Morgan fingerprint density at radius 2 is 1.86 bits per heavy atom. The molecule has 0 spiro atoms. The maximum absolute atomic E-state index is 13.6. The molecule has 1 fully saturated rings. The zero-order valence-corrected chi connectivity index (χ0v) is 25.3. The summed E-state index contributed by atoms with van der Waals surface area (Å²) in [6.45, 7) is -1.49. The van der Waals surface area contributed by atoms with Gasteiger partial charge in [-0.3, -0.25) is 0 Å². The molecule has 1 aliphatic rings. The number of anilines is 2. The van der Waals surface area contributed by atoms with Gasteiger partial charge in [-0.15, -0.1) is 0 Å². The third kappa shape index (κ3) is 7.94. The third-order valence-corrected chi connectivity index (χ3v) is 8.74. The van der Waals surface area contributed by atoms with Crippen LogP contribution in [-0.2, 0) is 23.0 Å². The highest BCUT2D eigenvalue weighted by atomic mass is 32.2. The number of primary sulfonamides is 1. The van der Waals surface area contributed by atoms with Gasteiger partial charge in [0.05, 0.1) is 35.4 Å². The zero-order valence-electron chi connectivity index (χ0n) is 24.5. The van der Waals surface area contributed by atoms with Gasteiger partial charge in [-0.05, 0) is 76.0 Å². The minimum absolute atomic E-state index is 0.0128. The van der Waals surface area contributed by atoms with Gasteiger partial charge in [-0.1, -0.05) is 12.0 Å². The van der Waals surface area contributed by atoms with Gasteiger partial charge in [-0.25, -0.2) is 13.6 Å². The summed E-state index contributed by atoms with van der Waals surface area (Å²) < 4.78 is 71.5. The first-order valence-corrected chi connectivity index (χ1v) is 15.5. The predicted molar refractivity (Wildman–Crippen MR) is 162 cm³/mol. The fraction of sp³-hybridized carbons (Fsp3) is 0.467. The first kappa shape index (κ1) is 32.5. The monoisotopic (exact) mass is 621 g/mol. The van der Waals surface area contributed by atoms with Crippen LogP contribution in [0, 0.1) is 11.8 Å². The van der Waals surface area contributed by atoms with Crippen molar-refractivity contribution in [3.05, 3.63) is 47.7 Å². The molecule has 1 aliphatic carbocycles. The Bertz CT molecular complexity index is 1600. The van der Waals surface area contributed by atoms with Crippen molar-refractivity contribution in [2.75, 3.05) is 45.0 Å². The van der Waals surface area contributed by atoms with Gasteiger partial charge in [0.15, 0.2) is 0 Å². The van der Waals surface area contributed by atoms with Crippen molar-refractivity contribution in [3.63, 3.8) is 0 Å². The number of nitrogens with two attached hydrogens (primary N) is 1. The molecule has 0 saturated heterocycles. The average molecular weight is 622 g/mol. The van der Waals surface area contributed by atoms with Crippen molar-refractivity contribution in [1.29, 1.82) is 0 Å². The van der Waals surface area contributed by atoms with Crippen molar-refractivity contribution >= 4 is 32.3 Å². The summed E-state index contributed by atoms with van der Waals surface area (Å²) in [6.07, 6.45) is -0.407. The lowest BCUT2D eigenvalue weighted by Crippen LogP contribution is -2.36. The van der Waals surface area contributed by atoms with Crippen molar-refractivity contribution in [2.24, 2.45) is 5.14 Å². The molecule has 0 aliphatic heterocycles. The lowest BCUT2D eigenvalue weighted by atomic mass is 9.90. The molecule has 0 radical (unpaired) electrons. The standard InChI is InChI=1S/C30H38F3N5O4S/c1-37(2)21-11-9-20(10-12-21)36-25-7-4-8-27-24(25)18-22(38(27)19-30(31,32)33)6-5-16-35-26-13-14-28(43(34,40)41)23(15-17-39)29(26)42-3/h4,7-8,13-14,18,20-21,35-36,39H,9-12,15-17,19H2,1-3H3,(H2,34,40,41). The Labute approximate surface area is 250 Å². The zero-order chi connectivity index (χ0) is 31.4. The van der Waals surface area contributed by atoms with Gasteiger partial charge in [0, 0.05) is 41.7 Å². The number of halogens is 3. The van der Waals surface area contributed by atoms with Crippen LogP contribution in [0.25, 0.3) is 10.9 Å². The Hall–Kier alpha value is -3.44. The maximum Gasteiger partial charge on any atom is 0.406 e. The molecule has 13 heteroatoms. The Morgan fingerprint density at radius 1 is 1.14 bits per heavy atom. The molecule has 0 bridgehead atoms. The van der Waals surface area contributed by atoms with E-state index in [-0.39, 0.29) is 47.5 Å². The topological polar surface area (TPSA) is 122 Å². The average Bonchev–Trinajstić information content (AvgIpc) is 3.27. The molecule has 0 amide bonds. The Morgan fingerprint density at radius 3 is 2.47 bits per heavy atom. The molecule has 5 N–H and O–H groups in total. The number of ether oxygens (including phenoxy) is 1. The van der Waals surface area contributed by atoms with E-state index in [1.54, 1.807) is 18.2 Å². The Kier molecular flexibility index (Phi) is 10.2. The van der Waals surface area contributed by atoms with E-state index in [1.807, 2.05) is 6.07 Å². The van der Waals surface area contributed by atoms with Crippen LogP contribution in [0.4, 0.5) is 24.5 Å². The van der Waals surface area contributed by atoms with Crippen LogP contribution in [0.5, 0.6) is 5.75 Å². The summed E-state index contributed by atoms with van der Waals surface area (Å²) in [6, 6.07) is 10.5. The lowest BCUT2D eigenvalue weighted by Gasteiger charge is -2.33. The number of aliphatic hydroxyl groups is 1. The number of rotatable bonds is 10. The number of alkyl halides is 3. The highest BCUT2D eigenvalue weighted by molar-refractivity contribution is 7.89. The van der Waals surface area contributed by atoms with Crippen LogP contribution >= 0.6 is 0 Å². The van der Waals surface area contributed by atoms with Crippen LogP contribution in [0.15, 0.2) is 41.3 Å². The number of nitrogens with zero attached hydrogens (tertiary/aromatic N) is 2. The van der Waals surface area contributed by atoms with Gasteiger partial charge in [-0.2, -0.15) is 13.2 Å². The first-order chi connectivity index (χ1) is 20.3. The number of hydrogen-bond acceptors (Lipinski definition) is 7. The molecule has 3 aromatic rings. The van der Waals surface area contributed by atoms with Gasteiger partial charge >= 0.3 is 6.18 Å². The number of aromatic nitrogens is 1. The molecule has 0 atom stereocenters. The molecule has 0 unspecified atom stereocenters. The Balaban J connectivity index is 1.60. The summed E-state index contributed by atoms with van der Waals surface area (Å²) in [5, 5.41) is 22.0. The van der Waals surface area contributed by atoms with Crippen LogP contribution < -0.4 is 20.5 Å². The normalized spacial score (nSPS) is 17.5. The van der Waals surface area contributed by atoms with Crippen LogP contribution in [0.1, 0.15) is 36.9 Å². The van der Waals surface area contributed by atoms with E-state index < -0.39 is 22.7 Å². The van der Waals surface area contributed by atoms with E-state index in [2.05, 4.69) is 41.5 Å². The van der Waals surface area contributed by atoms with E-state index in [4.69, 9.17) is 9.88 Å². The fourth-order valence-corrected chi connectivity index (χ4v) is 6.49. The second kappa shape index (κ2) is 13.5. The summed E-state index contributed by atoms with van der Waals surface area (Å²) in [7, 11) is 1.45. The second-order valence-electron chi connectivity index (χ2n) is 10.9. The van der Waals surface area contributed by atoms with Crippen molar-refractivity contribution in [3.8, 4) is 17.6 Å². The van der Waals surface area contributed by atoms with Gasteiger partial charge in [0.2, 0.25) is 10.0 Å². The molecule has 1 heterocycles. The molecular formula is C30H38F3N5O4S. The molecular weight excluding hydrogens is 583 g/mol. The van der Waals surface area contributed by atoms with E-state index in [0.29, 0.717) is 22.6 Å². The van der Waals surface area contributed by atoms with Crippen LogP contribution in [0.3, 0.4) is 0 Å². The smallest absolute Gasteiger partial charge is 0.406 e. The van der Waals surface area contributed by atoms with Gasteiger partial charge < -0.3 is 29.9 Å². The number of nitrogens with one attached hydrogen (secondary N) is 2. The van der Waals surface area contributed by atoms with Gasteiger partial charge in [0.1, 0.15) is 12.3 Å². The maximum atomic E-state index is 13.6. The summed E-state index contributed by atoms with van der Waals surface area (Å²) in [5.41, 5.74) is 2.06. The molecule has 1 saturated carbocycles. The van der Waals surface area contributed by atoms with Crippen LogP contribution in [-0.4, -0.2) is 75.6 Å². The number of benzene rings is 2. The van der Waals surface area contributed by atoms with Crippen molar-refractivity contribution < 1.29 is 31.4 Å². The number of fused-ring (bicyclic) bond motifs is 1. The SMILES string of the molecule is COc1c(NCC#Cc2cc3c(NC4CCC(N(C)C)CC4)cccc3n2CC(F)(F)F)ccc(S(N)(=O)=O)c1CCO. The number of sulfonamides is 1. The highest BCUT2D eigenvalue weighted by Gasteiger charge is 2.30. The van der Waals surface area contributed by atoms with Crippen molar-refractivity contribution in [2.45, 2.75) is 61.8 Å². The third-order valence-electron chi connectivity index (χ3n) is 7.74. The first-order valence-electron chi connectivity index (χ1n) is 14.0. The highest BCUT2D eigenvalue weighted by Crippen LogP contribution is 2.35. The quantitative estimate of drug-likeness (QED) is 0.251. The molecule has 1 aromatic heterocycles. The van der Waals surface area contributed by atoms with E-state index in [9.17, 15) is 26.7 Å². The minimum Gasteiger partial charge on any atom is -0.494 e. The predicted octanol–water partition coefficient (Wildman–Crippen LogP) is 4.14. The van der Waals surface area contributed by atoms with E-state index >= 15 is 0 Å². The van der Waals surface area contributed by atoms with E-state index in [0.717, 1.165) is 31.4 Å². The number of aliphatic hydroxyl groups excluding tert-OH is 1. The van der Waals surface area contributed by atoms with E-state index in [1.165, 1.54) is 23.8 Å². The summed E-state index contributed by atoms with van der Waals surface area (Å²) in [4.78, 5) is 2.07. The van der Waals surface area contributed by atoms with Crippen LogP contribution in [0.2, 0.25) is 0 Å². The summed E-state index contributed by atoms with van der Waals surface area (Å²) in [5.74, 6) is 5.94. The molecule has 43 heavy (non-hydrogen) atoms. The van der Waals surface area contributed by atoms with Gasteiger partial charge in [0.25, 0.3) is 0 Å². The largest absolute Gasteiger partial charge is 0.494 e. The second-order valence-corrected chi connectivity index (χ2v) is 12.4. The number of methoxy groups -OCH3 is 1. The number of hydrogen-bond donors (Lipinski definition) is 4. The molecule has 2 aromatic carbocycles. The molecule has 4 rings (SSSR count). The minimum atomic E-state index is -4.45. The molecule has 234 valence electrons. The lowest BCUT2D eigenvalue weighted by molar-refractivity contribution is -0.140. The molecule has 9 nitrogen and oxygen atoms in total.